The maximum absolute atomic E-state index is 12.6. The van der Waals surface area contributed by atoms with E-state index in [1.807, 2.05) is 4.90 Å². The molecule has 1 fully saturated rings. The number of alkyl halides is 3. The van der Waals surface area contributed by atoms with Crippen LogP contribution in [0.25, 0.3) is 0 Å². The minimum atomic E-state index is -4.32. The van der Waals surface area contributed by atoms with Gasteiger partial charge in [0, 0.05) is 39.3 Å². The fourth-order valence-corrected chi connectivity index (χ4v) is 4.77. The van der Waals surface area contributed by atoms with Gasteiger partial charge in [-0.15, -0.1) is 0 Å². The summed E-state index contributed by atoms with van der Waals surface area (Å²) >= 11 is 0. The van der Waals surface area contributed by atoms with Gasteiger partial charge in [0.2, 0.25) is 15.9 Å². The minimum absolute atomic E-state index is 0.0131. The third kappa shape index (κ3) is 6.93. The first kappa shape index (κ1) is 24.6. The van der Waals surface area contributed by atoms with Crippen molar-refractivity contribution in [2.45, 2.75) is 44.3 Å². The molecular formula is C17H27F3N4O5S. The second-order valence-corrected chi connectivity index (χ2v) is 8.84. The summed E-state index contributed by atoms with van der Waals surface area (Å²) < 4.78 is 73.0. The Balaban J connectivity index is 1.77. The van der Waals surface area contributed by atoms with Crippen molar-refractivity contribution in [1.29, 1.82) is 0 Å². The molecule has 1 aromatic heterocycles. The molecule has 0 aromatic carbocycles. The average molecular weight is 456 g/mol. The van der Waals surface area contributed by atoms with Crippen molar-refractivity contribution in [2.24, 2.45) is 0 Å². The molecule has 1 amide bonds. The first-order valence-corrected chi connectivity index (χ1v) is 11.0. The highest BCUT2D eigenvalue weighted by Gasteiger charge is 2.31. The molecule has 0 saturated carbocycles. The molecule has 1 saturated heterocycles. The Labute approximate surface area is 173 Å². The molecule has 0 aliphatic carbocycles. The third-order valence-corrected chi connectivity index (χ3v) is 6.44. The SMILES string of the molecule is Cc1noc(C)c1S(=O)(=O)N[C@@H](C)C(=O)N1CCN(CCCOCC(F)(F)F)CC1. The molecule has 0 unspecified atom stereocenters. The van der Waals surface area contributed by atoms with Crippen molar-refractivity contribution in [1.82, 2.24) is 19.7 Å². The summed E-state index contributed by atoms with van der Waals surface area (Å²) in [5, 5.41) is 3.62. The van der Waals surface area contributed by atoms with Gasteiger partial charge in [0.1, 0.15) is 17.2 Å². The molecule has 13 heteroatoms. The molecule has 2 heterocycles. The highest BCUT2D eigenvalue weighted by atomic mass is 32.2. The molecule has 1 N–H and O–H groups in total. The van der Waals surface area contributed by atoms with Crippen LogP contribution in [0.5, 0.6) is 0 Å². The molecule has 1 aliphatic heterocycles. The number of amides is 1. The van der Waals surface area contributed by atoms with E-state index in [9.17, 15) is 26.4 Å². The standard InChI is InChI=1S/C17H27F3N4O5S/c1-12-15(14(3)29-21-12)30(26,27)22-13(2)16(25)24-8-6-23(7-9-24)5-4-10-28-11-17(18,19)20/h13,22H,4-11H2,1-3H3/t13-/m0/s1. The number of halogens is 3. The lowest BCUT2D eigenvalue weighted by Crippen LogP contribution is -2.54. The number of piperazine rings is 1. The van der Waals surface area contributed by atoms with E-state index in [0.717, 1.165) is 0 Å². The van der Waals surface area contributed by atoms with Gasteiger partial charge < -0.3 is 14.2 Å². The predicted octanol–water partition coefficient (Wildman–Crippen LogP) is 1.07. The highest BCUT2D eigenvalue weighted by molar-refractivity contribution is 7.89. The van der Waals surface area contributed by atoms with Crippen LogP contribution in [0.1, 0.15) is 24.8 Å². The van der Waals surface area contributed by atoms with Crippen molar-refractivity contribution in [3.8, 4) is 0 Å². The Morgan fingerprint density at radius 3 is 2.43 bits per heavy atom. The second-order valence-electron chi connectivity index (χ2n) is 7.18. The summed E-state index contributed by atoms with van der Waals surface area (Å²) in [4.78, 5) is 16.2. The number of aromatic nitrogens is 1. The number of hydrogen-bond acceptors (Lipinski definition) is 7. The molecular weight excluding hydrogens is 429 g/mol. The second kappa shape index (κ2) is 10.1. The maximum Gasteiger partial charge on any atom is 0.411 e. The average Bonchev–Trinajstić information content (AvgIpc) is 2.99. The molecule has 9 nitrogen and oxygen atoms in total. The van der Waals surface area contributed by atoms with Gasteiger partial charge in [-0.1, -0.05) is 5.16 Å². The highest BCUT2D eigenvalue weighted by Crippen LogP contribution is 2.19. The molecule has 1 aliphatic rings. The zero-order valence-corrected chi connectivity index (χ0v) is 18.0. The van der Waals surface area contributed by atoms with Crippen LogP contribution < -0.4 is 4.72 Å². The Morgan fingerprint density at radius 1 is 1.27 bits per heavy atom. The van der Waals surface area contributed by atoms with Crippen molar-refractivity contribution in [3.05, 3.63) is 11.5 Å². The number of hydrogen-bond donors (Lipinski definition) is 1. The van der Waals surface area contributed by atoms with Crippen LogP contribution in [0.15, 0.2) is 9.42 Å². The minimum Gasteiger partial charge on any atom is -0.372 e. The zero-order chi connectivity index (χ0) is 22.5. The number of carbonyl (C=O) groups is 1. The van der Waals surface area contributed by atoms with E-state index in [1.165, 1.54) is 20.8 Å². The number of sulfonamides is 1. The zero-order valence-electron chi connectivity index (χ0n) is 17.2. The van der Waals surface area contributed by atoms with Crippen LogP contribution in [-0.4, -0.2) is 87.4 Å². The largest absolute Gasteiger partial charge is 0.411 e. The molecule has 0 radical (unpaired) electrons. The molecule has 30 heavy (non-hydrogen) atoms. The lowest BCUT2D eigenvalue weighted by atomic mass is 10.2. The van der Waals surface area contributed by atoms with Gasteiger partial charge in [-0.25, -0.2) is 8.42 Å². The molecule has 0 bridgehead atoms. The number of carbonyl (C=O) groups excluding carboxylic acids is 1. The van der Waals surface area contributed by atoms with Gasteiger partial charge in [-0.3, -0.25) is 9.69 Å². The summed E-state index contributed by atoms with van der Waals surface area (Å²) in [6.45, 7) is 5.69. The molecule has 1 atom stereocenters. The van der Waals surface area contributed by atoms with E-state index >= 15 is 0 Å². The molecule has 2 rings (SSSR count). The smallest absolute Gasteiger partial charge is 0.372 e. The number of aryl methyl sites for hydroxylation is 2. The predicted molar refractivity (Wildman–Crippen MR) is 100 cm³/mol. The molecule has 172 valence electrons. The van der Waals surface area contributed by atoms with Crippen LogP contribution in [0.3, 0.4) is 0 Å². The molecule has 1 aromatic rings. The Morgan fingerprint density at radius 2 is 1.90 bits per heavy atom. The van der Waals surface area contributed by atoms with Gasteiger partial charge in [0.25, 0.3) is 0 Å². The van der Waals surface area contributed by atoms with Gasteiger partial charge in [0.15, 0.2) is 5.76 Å². The van der Waals surface area contributed by atoms with Crippen LogP contribution in [0.4, 0.5) is 13.2 Å². The van der Waals surface area contributed by atoms with Gasteiger partial charge in [-0.2, -0.15) is 17.9 Å². The number of ether oxygens (including phenoxy) is 1. The van der Waals surface area contributed by atoms with E-state index < -0.39 is 28.8 Å². The fourth-order valence-electron chi connectivity index (χ4n) is 3.24. The summed E-state index contributed by atoms with van der Waals surface area (Å²) in [5.74, 6) is -0.203. The first-order chi connectivity index (χ1) is 13.9. The Bertz CT molecular complexity index is 800. The first-order valence-electron chi connectivity index (χ1n) is 9.51. The summed E-state index contributed by atoms with van der Waals surface area (Å²) in [7, 11) is -3.96. The number of nitrogens with zero attached hydrogens (tertiary/aromatic N) is 3. The Hall–Kier alpha value is -1.70. The summed E-state index contributed by atoms with van der Waals surface area (Å²) in [6.07, 6.45) is -3.87. The normalized spacial score (nSPS) is 17.3. The lowest BCUT2D eigenvalue weighted by molar-refractivity contribution is -0.174. The number of rotatable bonds is 9. The van der Waals surface area contributed by atoms with Crippen LogP contribution in [0, 0.1) is 13.8 Å². The number of nitrogens with one attached hydrogen (secondary N) is 1. The topological polar surface area (TPSA) is 105 Å². The van der Waals surface area contributed by atoms with Crippen molar-refractivity contribution < 1.29 is 35.6 Å². The van der Waals surface area contributed by atoms with E-state index in [0.29, 0.717) is 39.1 Å². The van der Waals surface area contributed by atoms with Crippen LogP contribution in [0.2, 0.25) is 0 Å². The van der Waals surface area contributed by atoms with E-state index in [-0.39, 0.29) is 28.9 Å². The summed E-state index contributed by atoms with van der Waals surface area (Å²) in [5.41, 5.74) is 0.215. The lowest BCUT2D eigenvalue weighted by Gasteiger charge is -2.36. The van der Waals surface area contributed by atoms with E-state index in [1.54, 1.807) is 4.90 Å². The van der Waals surface area contributed by atoms with Crippen molar-refractivity contribution in [2.75, 3.05) is 45.9 Å². The quantitative estimate of drug-likeness (QED) is 0.554. The van der Waals surface area contributed by atoms with Gasteiger partial charge in [-0.05, 0) is 27.2 Å². The van der Waals surface area contributed by atoms with Crippen molar-refractivity contribution in [3.63, 3.8) is 0 Å². The Kier molecular flexibility index (Phi) is 8.25. The fraction of sp³-hybridized carbons (Fsp3) is 0.765. The monoisotopic (exact) mass is 456 g/mol. The maximum atomic E-state index is 12.6. The van der Waals surface area contributed by atoms with E-state index in [4.69, 9.17) is 4.52 Å². The van der Waals surface area contributed by atoms with Gasteiger partial charge >= 0.3 is 6.18 Å². The van der Waals surface area contributed by atoms with E-state index in [2.05, 4.69) is 14.6 Å². The van der Waals surface area contributed by atoms with Crippen molar-refractivity contribution >= 4 is 15.9 Å². The summed E-state index contributed by atoms with van der Waals surface area (Å²) in [6, 6.07) is -0.967. The molecule has 0 spiro atoms. The van der Waals surface area contributed by atoms with Crippen LogP contribution in [-0.2, 0) is 19.6 Å². The van der Waals surface area contributed by atoms with Crippen LogP contribution >= 0.6 is 0 Å². The third-order valence-electron chi connectivity index (χ3n) is 4.65. The van der Waals surface area contributed by atoms with Gasteiger partial charge in [0.05, 0.1) is 6.04 Å².